The molecule has 0 saturated heterocycles. The van der Waals surface area contributed by atoms with E-state index in [9.17, 15) is 9.90 Å². The van der Waals surface area contributed by atoms with Crippen molar-refractivity contribution in [3.8, 4) is 5.88 Å². The number of esters is 1. The summed E-state index contributed by atoms with van der Waals surface area (Å²) < 4.78 is 4.83. The number of benzene rings is 4. The first-order chi connectivity index (χ1) is 17.1. The van der Waals surface area contributed by atoms with Gasteiger partial charge in [-0.15, -0.1) is 0 Å². The van der Waals surface area contributed by atoms with E-state index in [0.717, 1.165) is 23.1 Å². The molecule has 0 radical (unpaired) electrons. The van der Waals surface area contributed by atoms with Crippen LogP contribution < -0.4 is 0 Å². The summed E-state index contributed by atoms with van der Waals surface area (Å²) in [4.78, 5) is 19.9. The highest BCUT2D eigenvalue weighted by atomic mass is 16.5. The van der Waals surface area contributed by atoms with Crippen LogP contribution in [-0.2, 0) is 11.2 Å². The van der Waals surface area contributed by atoms with Crippen LogP contribution in [0.2, 0.25) is 0 Å². The molecule has 0 bridgehead atoms. The Balaban J connectivity index is 1.57. The third-order valence-electron chi connectivity index (χ3n) is 5.91. The van der Waals surface area contributed by atoms with Crippen molar-refractivity contribution in [1.29, 1.82) is 0 Å². The van der Waals surface area contributed by atoms with Gasteiger partial charge in [0.15, 0.2) is 5.88 Å². The standard InChI is InChI=1S/C30H24N2O3/c1-35-30(34)23-14-17-25-26(19-23)32-29(33)27(25)28(22-10-6-3-7-11-22)31-24-15-12-21(13-16-24)18-20-8-4-2-5-9-20/h2-17,19,32-33H,18H2,1H3. The van der Waals surface area contributed by atoms with Crippen LogP contribution in [0.5, 0.6) is 5.88 Å². The monoisotopic (exact) mass is 460 g/mol. The second kappa shape index (κ2) is 9.69. The third-order valence-corrected chi connectivity index (χ3v) is 5.91. The van der Waals surface area contributed by atoms with Crippen molar-refractivity contribution in [3.05, 3.63) is 131 Å². The molecule has 1 aromatic heterocycles. The third kappa shape index (κ3) is 4.70. The molecular weight excluding hydrogens is 436 g/mol. The first-order valence-corrected chi connectivity index (χ1v) is 11.3. The second-order valence-corrected chi connectivity index (χ2v) is 8.26. The zero-order valence-electron chi connectivity index (χ0n) is 19.2. The van der Waals surface area contributed by atoms with Gasteiger partial charge in [0.25, 0.3) is 0 Å². The van der Waals surface area contributed by atoms with E-state index in [0.29, 0.717) is 22.4 Å². The van der Waals surface area contributed by atoms with Gasteiger partial charge in [0.05, 0.1) is 29.6 Å². The minimum absolute atomic E-state index is 0.00897. The van der Waals surface area contributed by atoms with Crippen molar-refractivity contribution in [2.24, 2.45) is 4.99 Å². The van der Waals surface area contributed by atoms with Crippen LogP contribution in [-0.4, -0.2) is 28.9 Å². The predicted octanol–water partition coefficient (Wildman–Crippen LogP) is 6.42. The summed E-state index contributed by atoms with van der Waals surface area (Å²) in [6, 6.07) is 33.4. The van der Waals surface area contributed by atoms with Crippen molar-refractivity contribution in [2.45, 2.75) is 6.42 Å². The first-order valence-electron chi connectivity index (χ1n) is 11.3. The number of rotatable bonds is 6. The highest BCUT2D eigenvalue weighted by molar-refractivity contribution is 6.22. The highest BCUT2D eigenvalue weighted by Gasteiger charge is 2.20. The normalized spacial score (nSPS) is 11.5. The van der Waals surface area contributed by atoms with Crippen molar-refractivity contribution in [2.75, 3.05) is 7.11 Å². The van der Waals surface area contributed by atoms with Gasteiger partial charge in [-0.1, -0.05) is 78.9 Å². The van der Waals surface area contributed by atoms with Gasteiger partial charge < -0.3 is 14.8 Å². The molecule has 5 heteroatoms. The lowest BCUT2D eigenvalue weighted by Crippen LogP contribution is -2.03. The van der Waals surface area contributed by atoms with Crippen LogP contribution >= 0.6 is 0 Å². The van der Waals surface area contributed by atoms with E-state index in [2.05, 4.69) is 29.2 Å². The van der Waals surface area contributed by atoms with Crippen LogP contribution in [0.3, 0.4) is 0 Å². The van der Waals surface area contributed by atoms with Gasteiger partial charge in [-0.25, -0.2) is 9.79 Å². The number of fused-ring (bicyclic) bond motifs is 1. The Bertz CT molecular complexity index is 1500. The van der Waals surface area contributed by atoms with Gasteiger partial charge in [0.1, 0.15) is 0 Å². The minimum Gasteiger partial charge on any atom is -0.494 e. The fourth-order valence-corrected chi connectivity index (χ4v) is 4.18. The van der Waals surface area contributed by atoms with Crippen molar-refractivity contribution in [3.63, 3.8) is 0 Å². The number of H-pyrrole nitrogens is 1. The maximum atomic E-state index is 12.0. The topological polar surface area (TPSA) is 74.7 Å². The Morgan fingerprint density at radius 2 is 1.49 bits per heavy atom. The average Bonchev–Trinajstić information content (AvgIpc) is 3.23. The lowest BCUT2D eigenvalue weighted by Gasteiger charge is -2.09. The van der Waals surface area contributed by atoms with Gasteiger partial charge in [0.2, 0.25) is 0 Å². The molecule has 0 unspecified atom stereocenters. The van der Waals surface area contributed by atoms with Crippen LogP contribution in [0.25, 0.3) is 10.9 Å². The van der Waals surface area contributed by atoms with Crippen LogP contribution in [0.4, 0.5) is 5.69 Å². The van der Waals surface area contributed by atoms with Crippen LogP contribution in [0, 0.1) is 0 Å². The number of nitrogens with zero attached hydrogens (tertiary/aromatic N) is 1. The molecule has 0 aliphatic carbocycles. The summed E-state index contributed by atoms with van der Waals surface area (Å²) in [5, 5.41) is 11.6. The number of hydrogen-bond donors (Lipinski definition) is 2. The molecule has 0 atom stereocenters. The molecule has 1 heterocycles. The van der Waals surface area contributed by atoms with Gasteiger partial charge in [-0.2, -0.15) is 0 Å². The Morgan fingerprint density at radius 3 is 2.17 bits per heavy atom. The fraction of sp³-hybridized carbons (Fsp3) is 0.0667. The maximum absolute atomic E-state index is 12.0. The molecule has 0 saturated carbocycles. The number of carbonyl (C=O) groups excluding carboxylic acids is 1. The first kappa shape index (κ1) is 22.2. The minimum atomic E-state index is -0.435. The molecule has 35 heavy (non-hydrogen) atoms. The van der Waals surface area contributed by atoms with Gasteiger partial charge in [0, 0.05) is 16.5 Å². The molecule has 5 aromatic rings. The van der Waals surface area contributed by atoms with E-state index in [-0.39, 0.29) is 5.88 Å². The van der Waals surface area contributed by atoms with Crippen molar-refractivity contribution >= 4 is 28.3 Å². The molecule has 172 valence electrons. The summed E-state index contributed by atoms with van der Waals surface area (Å²) in [7, 11) is 1.34. The highest BCUT2D eigenvalue weighted by Crippen LogP contribution is 2.32. The number of hydrogen-bond acceptors (Lipinski definition) is 4. The summed E-state index contributed by atoms with van der Waals surface area (Å²) in [5.41, 5.74) is 6.34. The fourth-order valence-electron chi connectivity index (χ4n) is 4.18. The molecule has 0 amide bonds. The summed E-state index contributed by atoms with van der Waals surface area (Å²) >= 11 is 0. The largest absolute Gasteiger partial charge is 0.494 e. The zero-order chi connectivity index (χ0) is 24.2. The Kier molecular flexibility index (Phi) is 6.14. The molecule has 2 N–H and O–H groups in total. The lowest BCUT2D eigenvalue weighted by molar-refractivity contribution is 0.0601. The zero-order valence-corrected chi connectivity index (χ0v) is 19.2. The van der Waals surface area contributed by atoms with Gasteiger partial charge >= 0.3 is 5.97 Å². The molecule has 0 spiro atoms. The molecule has 5 rings (SSSR count). The average molecular weight is 461 g/mol. The number of aromatic nitrogens is 1. The molecule has 0 fully saturated rings. The van der Waals surface area contributed by atoms with E-state index in [1.54, 1.807) is 18.2 Å². The predicted molar refractivity (Wildman–Crippen MR) is 139 cm³/mol. The number of carbonyl (C=O) groups is 1. The quantitative estimate of drug-likeness (QED) is 0.227. The number of aromatic hydroxyl groups is 1. The van der Waals surface area contributed by atoms with Crippen LogP contribution in [0.1, 0.15) is 32.6 Å². The van der Waals surface area contributed by atoms with E-state index in [1.807, 2.05) is 60.7 Å². The van der Waals surface area contributed by atoms with Crippen molar-refractivity contribution in [1.82, 2.24) is 4.98 Å². The summed E-state index contributed by atoms with van der Waals surface area (Å²) in [5.74, 6) is -0.444. The van der Waals surface area contributed by atoms with Gasteiger partial charge in [-0.05, 0) is 41.8 Å². The Hall–Kier alpha value is -4.64. The molecule has 0 aliphatic rings. The molecule has 5 nitrogen and oxygen atoms in total. The molecular formula is C30H24N2O3. The second-order valence-electron chi connectivity index (χ2n) is 8.26. The van der Waals surface area contributed by atoms with E-state index < -0.39 is 5.97 Å². The summed E-state index contributed by atoms with van der Waals surface area (Å²) in [6.45, 7) is 0. The Labute approximate surface area is 203 Å². The lowest BCUT2D eigenvalue weighted by atomic mass is 10.00. The van der Waals surface area contributed by atoms with Gasteiger partial charge in [-0.3, -0.25) is 0 Å². The number of aromatic amines is 1. The maximum Gasteiger partial charge on any atom is 0.337 e. The Morgan fingerprint density at radius 1 is 0.829 bits per heavy atom. The number of ether oxygens (including phenoxy) is 1. The SMILES string of the molecule is COC(=O)c1ccc2c(C(=Nc3ccc(Cc4ccccc4)cc3)c3ccccc3)c(O)[nH]c2c1. The van der Waals surface area contributed by atoms with E-state index in [1.165, 1.54) is 18.2 Å². The van der Waals surface area contributed by atoms with E-state index in [4.69, 9.17) is 9.73 Å². The molecule has 4 aromatic carbocycles. The van der Waals surface area contributed by atoms with E-state index >= 15 is 0 Å². The number of aliphatic imine (C=N–C) groups is 1. The van der Waals surface area contributed by atoms with Crippen LogP contribution in [0.15, 0.2) is 108 Å². The smallest absolute Gasteiger partial charge is 0.337 e. The summed E-state index contributed by atoms with van der Waals surface area (Å²) in [6.07, 6.45) is 0.849. The van der Waals surface area contributed by atoms with Crippen molar-refractivity contribution < 1.29 is 14.6 Å². The molecule has 0 aliphatic heterocycles. The number of nitrogens with one attached hydrogen (secondary N) is 1. The number of methoxy groups -OCH3 is 1.